The summed E-state index contributed by atoms with van der Waals surface area (Å²) in [7, 11) is 1.71. The fourth-order valence-corrected chi connectivity index (χ4v) is 2.08. The Kier molecular flexibility index (Phi) is 5.72. The zero-order valence-corrected chi connectivity index (χ0v) is 12.5. The number of rotatable bonds is 7. The van der Waals surface area contributed by atoms with E-state index in [1.54, 1.807) is 13.3 Å². The van der Waals surface area contributed by atoms with E-state index in [1.807, 2.05) is 49.4 Å². The van der Waals surface area contributed by atoms with Crippen LogP contribution >= 0.6 is 0 Å². The van der Waals surface area contributed by atoms with Crippen molar-refractivity contribution in [3.8, 4) is 5.75 Å². The quantitative estimate of drug-likeness (QED) is 0.850. The molecule has 4 nitrogen and oxygen atoms in total. The van der Waals surface area contributed by atoms with Gasteiger partial charge in [-0.15, -0.1) is 0 Å². The van der Waals surface area contributed by atoms with E-state index >= 15 is 0 Å². The Morgan fingerprint density at radius 3 is 2.48 bits per heavy atom. The van der Waals surface area contributed by atoms with Crippen molar-refractivity contribution in [1.82, 2.24) is 4.98 Å². The molecule has 0 saturated heterocycles. The van der Waals surface area contributed by atoms with Crippen LogP contribution in [0.25, 0.3) is 0 Å². The third kappa shape index (κ3) is 4.55. The molecule has 1 aromatic heterocycles. The Morgan fingerprint density at radius 1 is 1.14 bits per heavy atom. The maximum atomic E-state index is 6.03. The number of benzene rings is 1. The summed E-state index contributed by atoms with van der Waals surface area (Å²) in [6.07, 6.45) is 2.39. The average Bonchev–Trinajstić information content (AvgIpc) is 2.52. The highest BCUT2D eigenvalue weighted by Gasteiger charge is 2.19. The van der Waals surface area contributed by atoms with Crippen molar-refractivity contribution in [2.24, 2.45) is 5.73 Å². The molecule has 1 aromatic carbocycles. The molecule has 4 heteroatoms. The van der Waals surface area contributed by atoms with E-state index in [9.17, 15) is 0 Å². The van der Waals surface area contributed by atoms with Gasteiger partial charge in [-0.2, -0.15) is 0 Å². The zero-order valence-electron chi connectivity index (χ0n) is 12.5. The largest absolute Gasteiger partial charge is 0.483 e. The van der Waals surface area contributed by atoms with Crippen molar-refractivity contribution in [3.05, 3.63) is 59.9 Å². The summed E-state index contributed by atoms with van der Waals surface area (Å²) in [5.41, 5.74) is 8.10. The number of methoxy groups -OCH3 is 1. The van der Waals surface area contributed by atoms with Crippen molar-refractivity contribution in [1.29, 1.82) is 0 Å². The number of nitrogens with zero attached hydrogens (tertiary/aromatic N) is 1. The third-order valence-electron chi connectivity index (χ3n) is 3.24. The third-order valence-corrected chi connectivity index (χ3v) is 3.24. The highest BCUT2D eigenvalue weighted by Crippen LogP contribution is 2.23. The number of aromatic nitrogens is 1. The normalized spacial score (nSPS) is 13.7. The van der Waals surface area contributed by atoms with Crippen LogP contribution in [0.5, 0.6) is 5.75 Å². The van der Waals surface area contributed by atoms with Gasteiger partial charge < -0.3 is 15.2 Å². The van der Waals surface area contributed by atoms with Crippen LogP contribution in [-0.2, 0) is 11.2 Å². The lowest BCUT2D eigenvalue weighted by atomic mass is 10.1. The van der Waals surface area contributed by atoms with E-state index in [-0.39, 0.29) is 12.1 Å². The lowest BCUT2D eigenvalue weighted by Crippen LogP contribution is -2.29. The van der Waals surface area contributed by atoms with Gasteiger partial charge in [-0.3, -0.25) is 4.98 Å². The Morgan fingerprint density at radius 2 is 1.90 bits per heavy atom. The molecule has 2 rings (SSSR count). The molecule has 0 aliphatic heterocycles. The van der Waals surface area contributed by atoms with Crippen LogP contribution in [0, 0.1) is 0 Å². The molecule has 0 radical (unpaired) electrons. The van der Waals surface area contributed by atoms with E-state index in [2.05, 4.69) is 4.98 Å². The topological polar surface area (TPSA) is 57.4 Å². The molecule has 21 heavy (non-hydrogen) atoms. The van der Waals surface area contributed by atoms with Crippen molar-refractivity contribution in [2.75, 3.05) is 13.7 Å². The van der Waals surface area contributed by atoms with Crippen LogP contribution in [0.15, 0.2) is 48.7 Å². The van der Waals surface area contributed by atoms with Gasteiger partial charge in [0.15, 0.2) is 6.10 Å². The summed E-state index contributed by atoms with van der Waals surface area (Å²) in [5, 5.41) is 0. The molecule has 0 amide bonds. The maximum absolute atomic E-state index is 6.03. The van der Waals surface area contributed by atoms with Crippen molar-refractivity contribution >= 4 is 0 Å². The van der Waals surface area contributed by atoms with Crippen LogP contribution in [0.2, 0.25) is 0 Å². The maximum Gasteiger partial charge on any atom is 0.155 e. The number of hydrogen-bond donors (Lipinski definition) is 1. The standard InChI is InChI=1S/C17H22N2O2/c1-13(18)17(16-5-3-4-11-19-16)21-15-8-6-14(7-9-15)10-12-20-2/h3-9,11,13,17H,10,12,18H2,1-2H3. The molecule has 2 aromatic rings. The van der Waals surface area contributed by atoms with Crippen molar-refractivity contribution < 1.29 is 9.47 Å². The molecule has 0 spiro atoms. The fourth-order valence-electron chi connectivity index (χ4n) is 2.08. The Balaban J connectivity index is 2.07. The summed E-state index contributed by atoms with van der Waals surface area (Å²) in [4.78, 5) is 4.33. The lowest BCUT2D eigenvalue weighted by Gasteiger charge is -2.22. The summed E-state index contributed by atoms with van der Waals surface area (Å²) in [5.74, 6) is 0.795. The highest BCUT2D eigenvalue weighted by atomic mass is 16.5. The van der Waals surface area contributed by atoms with Crippen LogP contribution < -0.4 is 10.5 Å². The molecule has 0 saturated carbocycles. The first-order valence-electron chi connectivity index (χ1n) is 7.11. The summed E-state index contributed by atoms with van der Waals surface area (Å²) >= 11 is 0. The van der Waals surface area contributed by atoms with Gasteiger partial charge in [0.1, 0.15) is 5.75 Å². The average molecular weight is 286 g/mol. The molecule has 0 aliphatic rings. The second-order valence-electron chi connectivity index (χ2n) is 5.04. The molecule has 0 fully saturated rings. The minimum atomic E-state index is -0.254. The smallest absolute Gasteiger partial charge is 0.155 e. The van der Waals surface area contributed by atoms with Crippen molar-refractivity contribution in [2.45, 2.75) is 25.5 Å². The summed E-state index contributed by atoms with van der Waals surface area (Å²) in [6.45, 7) is 2.64. The van der Waals surface area contributed by atoms with Crippen molar-refractivity contribution in [3.63, 3.8) is 0 Å². The van der Waals surface area contributed by atoms with E-state index in [4.69, 9.17) is 15.2 Å². The predicted molar refractivity (Wildman–Crippen MR) is 83.3 cm³/mol. The minimum absolute atomic E-state index is 0.145. The molecule has 0 aliphatic carbocycles. The molecule has 1 heterocycles. The van der Waals surface area contributed by atoms with Gasteiger partial charge in [0.25, 0.3) is 0 Å². The Labute approximate surface area is 125 Å². The molecule has 2 unspecified atom stereocenters. The van der Waals surface area contributed by atoms with Gasteiger partial charge in [0.05, 0.1) is 12.3 Å². The van der Waals surface area contributed by atoms with E-state index in [0.717, 1.165) is 24.5 Å². The molecule has 0 bridgehead atoms. The molecular weight excluding hydrogens is 264 g/mol. The molecule has 2 N–H and O–H groups in total. The molecule has 112 valence electrons. The van der Waals surface area contributed by atoms with Crippen LogP contribution in [0.1, 0.15) is 24.3 Å². The summed E-state index contributed by atoms with van der Waals surface area (Å²) < 4.78 is 11.1. The second kappa shape index (κ2) is 7.76. The summed E-state index contributed by atoms with van der Waals surface area (Å²) in [6, 6.07) is 13.6. The van der Waals surface area contributed by atoms with E-state index in [1.165, 1.54) is 5.56 Å². The molecule has 2 atom stereocenters. The first-order valence-corrected chi connectivity index (χ1v) is 7.11. The van der Waals surface area contributed by atoms with Gasteiger partial charge in [0, 0.05) is 19.3 Å². The van der Waals surface area contributed by atoms with Gasteiger partial charge in [-0.05, 0) is 43.2 Å². The monoisotopic (exact) mass is 286 g/mol. The Bertz CT molecular complexity index is 526. The Hall–Kier alpha value is -1.91. The predicted octanol–water partition coefficient (Wildman–Crippen LogP) is 2.74. The van der Waals surface area contributed by atoms with E-state index < -0.39 is 0 Å². The first kappa shape index (κ1) is 15.5. The SMILES string of the molecule is COCCc1ccc(OC(c2ccccn2)C(C)N)cc1. The van der Waals surface area contributed by atoms with Crippen LogP contribution in [0.4, 0.5) is 0 Å². The fraction of sp³-hybridized carbons (Fsp3) is 0.353. The van der Waals surface area contributed by atoms with Crippen LogP contribution in [0.3, 0.4) is 0 Å². The number of ether oxygens (including phenoxy) is 2. The zero-order chi connectivity index (χ0) is 15.1. The highest BCUT2D eigenvalue weighted by molar-refractivity contribution is 5.28. The number of nitrogens with two attached hydrogens (primary N) is 1. The van der Waals surface area contributed by atoms with E-state index in [0.29, 0.717) is 0 Å². The number of hydrogen-bond acceptors (Lipinski definition) is 4. The van der Waals surface area contributed by atoms with Crippen LogP contribution in [-0.4, -0.2) is 24.7 Å². The minimum Gasteiger partial charge on any atom is -0.483 e. The molecular formula is C17H22N2O2. The van der Waals surface area contributed by atoms with Gasteiger partial charge in [0.2, 0.25) is 0 Å². The van der Waals surface area contributed by atoms with Gasteiger partial charge in [-0.1, -0.05) is 18.2 Å². The lowest BCUT2D eigenvalue weighted by molar-refractivity contribution is 0.175. The second-order valence-corrected chi connectivity index (χ2v) is 5.04. The van der Waals surface area contributed by atoms with Gasteiger partial charge in [-0.25, -0.2) is 0 Å². The first-order chi connectivity index (χ1) is 10.2. The van der Waals surface area contributed by atoms with Gasteiger partial charge >= 0.3 is 0 Å². The number of pyridine rings is 1.